The van der Waals surface area contributed by atoms with E-state index in [1.807, 2.05) is 18.7 Å². The largest absolute Gasteiger partial charge is 0.508 e. The van der Waals surface area contributed by atoms with Gasteiger partial charge in [0.25, 0.3) is 0 Å². The molecule has 10 heteroatoms. The van der Waals surface area contributed by atoms with Crippen LogP contribution < -0.4 is 0 Å². The molecule has 0 radical (unpaired) electrons. The number of rotatable bonds is 11. The molecule has 0 saturated carbocycles. The van der Waals surface area contributed by atoms with Gasteiger partial charge in [-0.2, -0.15) is 0 Å². The van der Waals surface area contributed by atoms with Gasteiger partial charge in [-0.1, -0.05) is 13.8 Å². The van der Waals surface area contributed by atoms with Crippen LogP contribution in [0.3, 0.4) is 0 Å². The molecule has 0 bridgehead atoms. The van der Waals surface area contributed by atoms with E-state index in [1.165, 1.54) is 21.3 Å². The molecule has 0 aromatic rings. The van der Waals surface area contributed by atoms with E-state index in [-0.39, 0.29) is 19.8 Å². The van der Waals surface area contributed by atoms with E-state index in [0.29, 0.717) is 13.1 Å². The molecule has 10 nitrogen and oxygen atoms in total. The van der Waals surface area contributed by atoms with Gasteiger partial charge in [-0.25, -0.2) is 14.4 Å². The first-order valence-electron chi connectivity index (χ1n) is 8.26. The van der Waals surface area contributed by atoms with E-state index in [4.69, 9.17) is 14.2 Å². The summed E-state index contributed by atoms with van der Waals surface area (Å²) in [6.45, 7) is 4.43. The predicted octanol–water partition coefficient (Wildman–Crippen LogP) is 2.20. The van der Waals surface area contributed by atoms with Crippen LogP contribution in [0.4, 0.5) is 14.4 Å². The minimum Gasteiger partial charge on any atom is -0.438 e. The Morgan fingerprint density at radius 2 is 1.00 bits per heavy atom. The Labute approximate surface area is 153 Å². The SMILES string of the molecule is CCCN(CCC)C(COC(=O)OC)(COC(=O)OC)COC(=O)OC. The summed E-state index contributed by atoms with van der Waals surface area (Å²) >= 11 is 0. The van der Waals surface area contributed by atoms with Crippen molar-refractivity contribution in [2.45, 2.75) is 32.2 Å². The van der Waals surface area contributed by atoms with Crippen molar-refractivity contribution < 1.29 is 42.8 Å². The molecule has 0 aromatic carbocycles. The van der Waals surface area contributed by atoms with E-state index in [1.54, 1.807) is 0 Å². The van der Waals surface area contributed by atoms with Crippen LogP contribution in [0.1, 0.15) is 26.7 Å². The Balaban J connectivity index is 5.61. The Kier molecular flexibility index (Phi) is 11.9. The fourth-order valence-electron chi connectivity index (χ4n) is 2.28. The minimum atomic E-state index is -1.12. The van der Waals surface area contributed by atoms with E-state index < -0.39 is 24.0 Å². The molecule has 0 spiro atoms. The maximum atomic E-state index is 11.5. The Hall–Kier alpha value is -2.23. The van der Waals surface area contributed by atoms with Crippen LogP contribution in [0, 0.1) is 0 Å². The smallest absolute Gasteiger partial charge is 0.438 e. The summed E-state index contributed by atoms with van der Waals surface area (Å²) in [4.78, 5) is 36.3. The number of hydrogen-bond donors (Lipinski definition) is 0. The molecule has 0 saturated heterocycles. The monoisotopic (exact) mass is 379 g/mol. The molecule has 0 N–H and O–H groups in total. The van der Waals surface area contributed by atoms with Gasteiger partial charge < -0.3 is 28.4 Å². The quantitative estimate of drug-likeness (QED) is 0.391. The molecular weight excluding hydrogens is 350 g/mol. The highest BCUT2D eigenvalue weighted by Crippen LogP contribution is 2.21. The number of methoxy groups -OCH3 is 3. The van der Waals surface area contributed by atoms with Gasteiger partial charge >= 0.3 is 18.5 Å². The third kappa shape index (κ3) is 8.24. The maximum Gasteiger partial charge on any atom is 0.508 e. The van der Waals surface area contributed by atoms with Crippen LogP contribution in [0.15, 0.2) is 0 Å². The lowest BCUT2D eigenvalue weighted by atomic mass is 9.99. The summed E-state index contributed by atoms with van der Waals surface area (Å²) in [5.41, 5.74) is -1.12. The maximum absolute atomic E-state index is 11.5. The molecule has 0 aliphatic heterocycles. The summed E-state index contributed by atoms with van der Waals surface area (Å²) in [7, 11) is 3.53. The number of hydrogen-bond acceptors (Lipinski definition) is 10. The summed E-state index contributed by atoms with van der Waals surface area (Å²) in [6, 6.07) is 0. The zero-order valence-electron chi connectivity index (χ0n) is 16.1. The molecule has 0 unspecified atom stereocenters. The molecule has 152 valence electrons. The normalized spacial score (nSPS) is 10.8. The average Bonchev–Trinajstić information content (AvgIpc) is 2.66. The van der Waals surface area contributed by atoms with E-state index >= 15 is 0 Å². The van der Waals surface area contributed by atoms with Gasteiger partial charge in [-0.05, 0) is 25.9 Å². The Morgan fingerprint density at radius 1 is 0.692 bits per heavy atom. The van der Waals surface area contributed by atoms with Crippen LogP contribution in [0.2, 0.25) is 0 Å². The topological polar surface area (TPSA) is 110 Å². The van der Waals surface area contributed by atoms with Crippen LogP contribution >= 0.6 is 0 Å². The van der Waals surface area contributed by atoms with E-state index in [9.17, 15) is 14.4 Å². The predicted molar refractivity (Wildman–Crippen MR) is 90.0 cm³/mol. The lowest BCUT2D eigenvalue weighted by Gasteiger charge is -2.41. The molecule has 0 aliphatic carbocycles. The van der Waals surface area contributed by atoms with Gasteiger partial charge in [0.05, 0.1) is 21.3 Å². The molecule has 0 atom stereocenters. The van der Waals surface area contributed by atoms with Crippen molar-refractivity contribution in [2.75, 3.05) is 54.2 Å². The third-order valence-electron chi connectivity index (χ3n) is 3.53. The van der Waals surface area contributed by atoms with Crippen molar-refractivity contribution in [3.05, 3.63) is 0 Å². The van der Waals surface area contributed by atoms with Crippen molar-refractivity contribution in [3.63, 3.8) is 0 Å². The zero-order chi connectivity index (χ0) is 20.0. The molecule has 0 heterocycles. The highest BCUT2D eigenvalue weighted by Gasteiger charge is 2.41. The lowest BCUT2D eigenvalue weighted by Crippen LogP contribution is -2.59. The highest BCUT2D eigenvalue weighted by molar-refractivity contribution is 5.61. The van der Waals surface area contributed by atoms with Gasteiger partial charge in [0.2, 0.25) is 0 Å². The Bertz CT molecular complexity index is 385. The second kappa shape index (κ2) is 13.0. The fourth-order valence-corrected chi connectivity index (χ4v) is 2.28. The molecule has 0 fully saturated rings. The molecule has 26 heavy (non-hydrogen) atoms. The summed E-state index contributed by atoms with van der Waals surface area (Å²) in [5.74, 6) is 0. The standard InChI is InChI=1S/C16H29NO9/c1-6-8-17(9-7-2)16(10-24-13(18)21-3,11-25-14(19)22-4)12-26-15(20)23-5/h6-12H2,1-5H3. The van der Waals surface area contributed by atoms with E-state index in [0.717, 1.165) is 12.8 Å². The van der Waals surface area contributed by atoms with Crippen LogP contribution in [0.5, 0.6) is 0 Å². The number of nitrogens with zero attached hydrogens (tertiary/aromatic N) is 1. The molecule has 0 amide bonds. The van der Waals surface area contributed by atoms with Gasteiger partial charge in [0.1, 0.15) is 25.4 Å². The fraction of sp³-hybridized carbons (Fsp3) is 0.812. The van der Waals surface area contributed by atoms with Crippen LogP contribution in [-0.2, 0) is 28.4 Å². The second-order valence-corrected chi connectivity index (χ2v) is 5.44. The van der Waals surface area contributed by atoms with E-state index in [2.05, 4.69) is 14.2 Å². The molecule has 0 aromatic heterocycles. The van der Waals surface area contributed by atoms with Crippen LogP contribution in [0.25, 0.3) is 0 Å². The van der Waals surface area contributed by atoms with Crippen molar-refractivity contribution in [1.29, 1.82) is 0 Å². The third-order valence-corrected chi connectivity index (χ3v) is 3.53. The van der Waals surface area contributed by atoms with Gasteiger partial charge in [0, 0.05) is 0 Å². The van der Waals surface area contributed by atoms with Gasteiger partial charge in [0.15, 0.2) is 0 Å². The Morgan fingerprint density at radius 3 is 1.23 bits per heavy atom. The van der Waals surface area contributed by atoms with Gasteiger partial charge in [-0.15, -0.1) is 0 Å². The molecule has 0 aliphatic rings. The first kappa shape index (κ1) is 23.8. The van der Waals surface area contributed by atoms with Crippen molar-refractivity contribution in [1.82, 2.24) is 4.90 Å². The first-order chi connectivity index (χ1) is 12.4. The van der Waals surface area contributed by atoms with Crippen molar-refractivity contribution in [2.24, 2.45) is 0 Å². The van der Waals surface area contributed by atoms with Crippen LogP contribution in [-0.4, -0.2) is 83.1 Å². The summed E-state index contributed by atoms with van der Waals surface area (Å²) in [6.07, 6.45) is -1.16. The number of carbonyl (C=O) groups excluding carboxylic acids is 3. The minimum absolute atomic E-state index is 0.229. The first-order valence-corrected chi connectivity index (χ1v) is 8.26. The average molecular weight is 379 g/mol. The van der Waals surface area contributed by atoms with Crippen molar-refractivity contribution >= 4 is 18.5 Å². The number of carbonyl (C=O) groups is 3. The highest BCUT2D eigenvalue weighted by atomic mass is 16.7. The summed E-state index contributed by atoms with van der Waals surface area (Å²) < 4.78 is 28.8. The lowest BCUT2D eigenvalue weighted by molar-refractivity contribution is -0.0782. The summed E-state index contributed by atoms with van der Waals surface area (Å²) in [5, 5.41) is 0. The van der Waals surface area contributed by atoms with Crippen molar-refractivity contribution in [3.8, 4) is 0 Å². The second-order valence-electron chi connectivity index (χ2n) is 5.44. The molecule has 0 rings (SSSR count). The number of ether oxygens (including phenoxy) is 6. The van der Waals surface area contributed by atoms with Gasteiger partial charge in [-0.3, -0.25) is 4.90 Å². The molecular formula is C16H29NO9. The zero-order valence-corrected chi connectivity index (χ0v) is 16.1.